The highest BCUT2D eigenvalue weighted by atomic mass is 16.5. The van der Waals surface area contributed by atoms with Gasteiger partial charge in [-0.25, -0.2) is 9.59 Å². The number of likely N-dealkylation sites (N-methyl/N-ethyl adjacent to an activating group) is 1. The summed E-state index contributed by atoms with van der Waals surface area (Å²) in [5, 5.41) is 16.9. The molecule has 3 aromatic rings. The van der Waals surface area contributed by atoms with Crippen LogP contribution >= 0.6 is 0 Å². The second-order valence-corrected chi connectivity index (χ2v) is 9.67. The molecule has 4 rings (SSSR count). The number of anilines is 2. The second-order valence-electron chi connectivity index (χ2n) is 9.67. The Kier molecular flexibility index (Phi) is 15.0. The van der Waals surface area contributed by atoms with Gasteiger partial charge in [0.15, 0.2) is 0 Å². The van der Waals surface area contributed by atoms with Crippen LogP contribution < -0.4 is 20.7 Å². The fraction of sp³-hybridized carbons (Fsp3) is 0.333. The molecule has 1 aliphatic rings. The molecule has 230 valence electrons. The lowest BCUT2D eigenvalue weighted by molar-refractivity contribution is -0.119. The minimum Gasteiger partial charge on any atom is -0.492 e. The van der Waals surface area contributed by atoms with E-state index < -0.39 is 5.97 Å². The van der Waals surface area contributed by atoms with E-state index >= 15 is 0 Å². The Balaban J connectivity index is 0.000000298. The Hall–Kier alpha value is -4.70. The van der Waals surface area contributed by atoms with E-state index in [0.29, 0.717) is 37.0 Å². The lowest BCUT2D eigenvalue weighted by atomic mass is 10.1. The summed E-state index contributed by atoms with van der Waals surface area (Å²) in [4.78, 5) is 46.2. The van der Waals surface area contributed by atoms with Crippen LogP contribution in [0.5, 0.6) is 5.75 Å². The Morgan fingerprint density at radius 1 is 0.907 bits per heavy atom. The smallest absolute Gasteiger partial charge is 0.335 e. The van der Waals surface area contributed by atoms with E-state index in [9.17, 15) is 19.2 Å². The zero-order chi connectivity index (χ0) is 31.6. The quantitative estimate of drug-likeness (QED) is 0.226. The molecule has 3 amide bonds. The molecule has 0 spiro atoms. The number of hydrogen-bond acceptors (Lipinski definition) is 6. The van der Waals surface area contributed by atoms with E-state index in [4.69, 9.17) is 9.84 Å². The maximum atomic E-state index is 12.0. The topological polar surface area (TPSA) is 137 Å². The summed E-state index contributed by atoms with van der Waals surface area (Å²) in [7, 11) is 2.11. The molecule has 1 atom stereocenters. The number of urea groups is 1. The highest BCUT2D eigenvalue weighted by Crippen LogP contribution is 2.18. The Bertz CT molecular complexity index is 1290. The van der Waals surface area contributed by atoms with Crippen LogP contribution in [0.25, 0.3) is 0 Å². The number of rotatable bonds is 10. The van der Waals surface area contributed by atoms with E-state index in [2.05, 4.69) is 27.9 Å². The standard InChI is InChI=1S/C18H19N3O3.C13H17NO3.C2H6/c1-13(23)19-12-15-4-8-17(9-5-15)21-18(24)20-16-6-2-14(3-7-16)10-11-22;1-14-8-2-3-11(14)9-17-12-6-4-10(5-7-12)13(15)16;1-2/h2-9,11H,10,12H2,1H3,(H,19,23)(H2,20,21,24);4-7,11H,2-3,8-9H2,1H3,(H,15,16);1-2H3. The van der Waals surface area contributed by atoms with Crippen molar-refractivity contribution in [3.8, 4) is 5.75 Å². The molecule has 3 aromatic carbocycles. The minimum atomic E-state index is -0.910. The number of nitrogens with zero attached hydrogens (tertiary/aromatic N) is 1. The van der Waals surface area contributed by atoms with Crippen LogP contribution in [-0.4, -0.2) is 60.4 Å². The number of nitrogens with one attached hydrogen (secondary N) is 3. The van der Waals surface area contributed by atoms with Gasteiger partial charge in [-0.2, -0.15) is 0 Å². The SMILES string of the molecule is CC.CC(=O)NCc1ccc(NC(=O)Nc2ccc(CC=O)cc2)cc1.CN1CCCC1COc1ccc(C(=O)O)cc1. The normalized spacial score (nSPS) is 13.7. The van der Waals surface area contributed by atoms with Gasteiger partial charge in [0.25, 0.3) is 0 Å². The van der Waals surface area contributed by atoms with Gasteiger partial charge >= 0.3 is 12.0 Å². The molecule has 1 unspecified atom stereocenters. The fourth-order valence-electron chi connectivity index (χ4n) is 4.12. The van der Waals surface area contributed by atoms with Crippen molar-refractivity contribution >= 4 is 35.6 Å². The molecule has 1 saturated heterocycles. The fourth-order valence-corrected chi connectivity index (χ4v) is 4.12. The molecule has 10 heteroatoms. The van der Waals surface area contributed by atoms with E-state index in [0.717, 1.165) is 29.7 Å². The van der Waals surface area contributed by atoms with Crippen LogP contribution in [0.2, 0.25) is 0 Å². The van der Waals surface area contributed by atoms with Crippen molar-refractivity contribution in [1.29, 1.82) is 0 Å². The number of carbonyl (C=O) groups is 4. The number of carbonyl (C=O) groups excluding carboxylic acids is 3. The van der Waals surface area contributed by atoms with Crippen molar-refractivity contribution in [1.82, 2.24) is 10.2 Å². The third-order valence-corrected chi connectivity index (χ3v) is 6.50. The van der Waals surface area contributed by atoms with Gasteiger partial charge in [-0.15, -0.1) is 0 Å². The maximum absolute atomic E-state index is 12.0. The maximum Gasteiger partial charge on any atom is 0.335 e. The Morgan fingerprint density at radius 2 is 1.47 bits per heavy atom. The Labute approximate surface area is 253 Å². The summed E-state index contributed by atoms with van der Waals surface area (Å²) in [6.07, 6.45) is 3.59. The van der Waals surface area contributed by atoms with Crippen molar-refractivity contribution in [2.24, 2.45) is 0 Å². The first-order valence-corrected chi connectivity index (χ1v) is 14.3. The molecule has 43 heavy (non-hydrogen) atoms. The minimum absolute atomic E-state index is 0.0873. The van der Waals surface area contributed by atoms with Crippen molar-refractivity contribution in [3.63, 3.8) is 0 Å². The molecule has 0 bridgehead atoms. The molecule has 10 nitrogen and oxygen atoms in total. The van der Waals surface area contributed by atoms with Crippen molar-refractivity contribution in [3.05, 3.63) is 89.5 Å². The van der Waals surface area contributed by atoms with Gasteiger partial charge in [0.2, 0.25) is 5.91 Å². The number of aromatic carboxylic acids is 1. The van der Waals surface area contributed by atoms with Crippen LogP contribution in [0.4, 0.5) is 16.2 Å². The van der Waals surface area contributed by atoms with E-state index in [1.807, 2.05) is 26.0 Å². The largest absolute Gasteiger partial charge is 0.492 e. The summed E-state index contributed by atoms with van der Waals surface area (Å²) in [6, 6.07) is 20.9. The molecule has 0 aliphatic carbocycles. The molecule has 1 heterocycles. The highest BCUT2D eigenvalue weighted by molar-refractivity contribution is 5.99. The number of carboxylic acids is 1. The van der Waals surface area contributed by atoms with Crippen LogP contribution in [0, 0.1) is 0 Å². The van der Waals surface area contributed by atoms with E-state index in [1.54, 1.807) is 60.7 Å². The van der Waals surface area contributed by atoms with E-state index in [-0.39, 0.29) is 17.5 Å². The number of aldehydes is 1. The molecule has 0 aromatic heterocycles. The molecule has 1 aliphatic heterocycles. The van der Waals surface area contributed by atoms with Crippen molar-refractivity contribution in [2.45, 2.75) is 52.6 Å². The Morgan fingerprint density at radius 3 is 1.93 bits per heavy atom. The van der Waals surface area contributed by atoms with Gasteiger partial charge in [0, 0.05) is 37.3 Å². The van der Waals surface area contributed by atoms with Gasteiger partial charge in [0.05, 0.1) is 5.56 Å². The third kappa shape index (κ3) is 12.8. The average molecular weight is 591 g/mol. The molecule has 4 N–H and O–H groups in total. The van der Waals surface area contributed by atoms with Crippen LogP contribution in [0.1, 0.15) is 55.1 Å². The first-order valence-electron chi connectivity index (χ1n) is 14.3. The predicted octanol–water partition coefficient (Wildman–Crippen LogP) is 5.59. The van der Waals surface area contributed by atoms with Crippen molar-refractivity contribution < 1.29 is 29.0 Å². The van der Waals surface area contributed by atoms with Crippen LogP contribution in [0.3, 0.4) is 0 Å². The summed E-state index contributed by atoms with van der Waals surface area (Å²) in [5.41, 5.74) is 3.42. The lowest BCUT2D eigenvalue weighted by Crippen LogP contribution is -2.30. The van der Waals surface area contributed by atoms with Crippen molar-refractivity contribution in [2.75, 3.05) is 30.8 Å². The molecule has 0 radical (unpaired) electrons. The van der Waals surface area contributed by atoms with Crippen LogP contribution in [0.15, 0.2) is 72.8 Å². The van der Waals surface area contributed by atoms with Gasteiger partial charge in [-0.05, 0) is 86.1 Å². The number of hydrogen-bond donors (Lipinski definition) is 4. The lowest BCUT2D eigenvalue weighted by Gasteiger charge is -2.19. The van der Waals surface area contributed by atoms with E-state index in [1.165, 1.54) is 19.8 Å². The van der Waals surface area contributed by atoms with Gasteiger partial charge in [-0.1, -0.05) is 38.1 Å². The van der Waals surface area contributed by atoms with Gasteiger partial charge < -0.3 is 35.5 Å². The molecule has 1 fully saturated rings. The monoisotopic (exact) mass is 590 g/mol. The molecular formula is C33H42N4O6. The zero-order valence-corrected chi connectivity index (χ0v) is 25.3. The van der Waals surface area contributed by atoms with Gasteiger partial charge in [-0.3, -0.25) is 4.79 Å². The highest BCUT2D eigenvalue weighted by Gasteiger charge is 2.21. The summed E-state index contributed by atoms with van der Waals surface area (Å²) in [5.74, 6) is -0.266. The number of amides is 3. The number of benzene rings is 3. The number of likely N-dealkylation sites (tertiary alicyclic amines) is 1. The summed E-state index contributed by atoms with van der Waals surface area (Å²) < 4.78 is 5.66. The first-order chi connectivity index (χ1) is 20.7. The third-order valence-electron chi connectivity index (χ3n) is 6.50. The number of carboxylic acid groups (broad SMARTS) is 1. The van der Waals surface area contributed by atoms with Gasteiger partial charge in [0.1, 0.15) is 18.6 Å². The predicted molar refractivity (Wildman–Crippen MR) is 169 cm³/mol. The average Bonchev–Trinajstić information content (AvgIpc) is 3.42. The second kappa shape index (κ2) is 18.7. The summed E-state index contributed by atoms with van der Waals surface area (Å²) >= 11 is 0. The number of ether oxygens (including phenoxy) is 1. The zero-order valence-electron chi connectivity index (χ0n) is 25.3. The molecular weight excluding hydrogens is 548 g/mol. The summed E-state index contributed by atoms with van der Waals surface area (Å²) in [6.45, 7) is 7.72. The van der Waals surface area contributed by atoms with Crippen LogP contribution in [-0.2, 0) is 22.6 Å². The first kappa shape index (κ1) is 34.5. The molecule has 0 saturated carbocycles.